The third kappa shape index (κ3) is 3.19. The van der Waals surface area contributed by atoms with E-state index in [9.17, 15) is 4.79 Å². The van der Waals surface area contributed by atoms with Gasteiger partial charge in [0.15, 0.2) is 0 Å². The Morgan fingerprint density at radius 1 is 1.58 bits per heavy atom. The maximum atomic E-state index is 10.7. The second kappa shape index (κ2) is 5.11. The number of hydrogen-bond acceptors (Lipinski definition) is 3. The SMILES string of the molecule is CCOCCO[C@@H]1CNC(=O)C1. The van der Waals surface area contributed by atoms with Crippen molar-refractivity contribution in [1.82, 2.24) is 5.32 Å². The van der Waals surface area contributed by atoms with Gasteiger partial charge in [-0.15, -0.1) is 0 Å². The van der Waals surface area contributed by atoms with Gasteiger partial charge in [-0.3, -0.25) is 4.79 Å². The minimum absolute atomic E-state index is 0.0537. The van der Waals surface area contributed by atoms with Crippen molar-refractivity contribution in [3.8, 4) is 0 Å². The lowest BCUT2D eigenvalue weighted by atomic mass is 10.3. The van der Waals surface area contributed by atoms with Crippen LogP contribution in [0.25, 0.3) is 0 Å². The Morgan fingerprint density at radius 3 is 3.00 bits per heavy atom. The number of ether oxygens (including phenoxy) is 2. The molecule has 0 aliphatic carbocycles. The molecule has 1 heterocycles. The highest BCUT2D eigenvalue weighted by Gasteiger charge is 2.21. The van der Waals surface area contributed by atoms with Crippen molar-refractivity contribution >= 4 is 5.91 Å². The summed E-state index contributed by atoms with van der Waals surface area (Å²) in [7, 11) is 0. The van der Waals surface area contributed by atoms with E-state index in [2.05, 4.69) is 5.32 Å². The molecular formula is C8H15NO3. The smallest absolute Gasteiger partial charge is 0.222 e. The van der Waals surface area contributed by atoms with E-state index < -0.39 is 0 Å². The van der Waals surface area contributed by atoms with E-state index in [0.717, 1.165) is 0 Å². The van der Waals surface area contributed by atoms with E-state index in [4.69, 9.17) is 9.47 Å². The standard InChI is InChI=1S/C8H15NO3/c1-2-11-3-4-12-7-5-8(10)9-6-7/h7H,2-6H2,1H3,(H,9,10)/t7-/m0/s1. The van der Waals surface area contributed by atoms with E-state index in [1.165, 1.54) is 0 Å². The summed E-state index contributed by atoms with van der Waals surface area (Å²) in [5, 5.41) is 2.71. The Bertz CT molecular complexity index is 149. The molecule has 1 N–H and O–H groups in total. The van der Waals surface area contributed by atoms with Crippen molar-refractivity contribution in [3.63, 3.8) is 0 Å². The second-order valence-electron chi connectivity index (χ2n) is 2.70. The summed E-state index contributed by atoms with van der Waals surface area (Å²) in [5.41, 5.74) is 0. The molecule has 1 atom stereocenters. The topological polar surface area (TPSA) is 47.6 Å². The van der Waals surface area contributed by atoms with Crippen LogP contribution in [0.1, 0.15) is 13.3 Å². The number of nitrogens with one attached hydrogen (secondary N) is 1. The molecule has 12 heavy (non-hydrogen) atoms. The molecule has 0 radical (unpaired) electrons. The third-order valence-corrected chi connectivity index (χ3v) is 1.73. The van der Waals surface area contributed by atoms with Crippen LogP contribution >= 0.6 is 0 Å². The minimum Gasteiger partial charge on any atom is -0.379 e. The zero-order valence-corrected chi connectivity index (χ0v) is 7.34. The first-order valence-electron chi connectivity index (χ1n) is 4.29. The van der Waals surface area contributed by atoms with Crippen LogP contribution in [0.3, 0.4) is 0 Å². The molecule has 1 fully saturated rings. The first-order chi connectivity index (χ1) is 5.83. The summed E-state index contributed by atoms with van der Waals surface area (Å²) in [6.45, 7) is 4.49. The van der Waals surface area contributed by atoms with E-state index in [1.54, 1.807) is 0 Å². The number of hydrogen-bond donors (Lipinski definition) is 1. The fourth-order valence-electron chi connectivity index (χ4n) is 1.11. The van der Waals surface area contributed by atoms with E-state index in [-0.39, 0.29) is 12.0 Å². The lowest BCUT2D eigenvalue weighted by molar-refractivity contribution is -0.119. The zero-order valence-electron chi connectivity index (χ0n) is 7.34. The van der Waals surface area contributed by atoms with Crippen LogP contribution in [-0.4, -0.2) is 38.4 Å². The summed E-state index contributed by atoms with van der Waals surface area (Å²) in [6.07, 6.45) is 0.546. The van der Waals surface area contributed by atoms with Gasteiger partial charge in [-0.25, -0.2) is 0 Å². The van der Waals surface area contributed by atoms with Crippen LogP contribution in [0.4, 0.5) is 0 Å². The van der Waals surface area contributed by atoms with Gasteiger partial charge in [-0.05, 0) is 6.92 Å². The van der Waals surface area contributed by atoms with Crippen LogP contribution < -0.4 is 5.32 Å². The summed E-state index contributed by atoms with van der Waals surface area (Å²) in [4.78, 5) is 10.7. The van der Waals surface area contributed by atoms with Crippen LogP contribution in [0.2, 0.25) is 0 Å². The fraction of sp³-hybridized carbons (Fsp3) is 0.875. The summed E-state index contributed by atoms with van der Waals surface area (Å²) in [5.74, 6) is 0.0800. The Morgan fingerprint density at radius 2 is 2.42 bits per heavy atom. The van der Waals surface area contributed by atoms with Crippen LogP contribution in [0.5, 0.6) is 0 Å². The normalized spacial score (nSPS) is 22.8. The molecule has 1 aliphatic heterocycles. The number of amides is 1. The van der Waals surface area contributed by atoms with Crippen LogP contribution in [0, 0.1) is 0 Å². The quantitative estimate of drug-likeness (QED) is 0.592. The average molecular weight is 173 g/mol. The molecule has 4 nitrogen and oxygen atoms in total. The Labute approximate surface area is 72.2 Å². The van der Waals surface area contributed by atoms with Crippen molar-refractivity contribution in [2.45, 2.75) is 19.4 Å². The lowest BCUT2D eigenvalue weighted by Crippen LogP contribution is -2.19. The van der Waals surface area contributed by atoms with Gasteiger partial charge in [-0.1, -0.05) is 0 Å². The Kier molecular flexibility index (Phi) is 4.04. The van der Waals surface area contributed by atoms with Crippen LogP contribution in [0.15, 0.2) is 0 Å². The second-order valence-corrected chi connectivity index (χ2v) is 2.70. The maximum absolute atomic E-state index is 10.7. The molecule has 1 amide bonds. The third-order valence-electron chi connectivity index (χ3n) is 1.73. The fourth-order valence-corrected chi connectivity index (χ4v) is 1.11. The first-order valence-corrected chi connectivity index (χ1v) is 4.29. The van der Waals surface area contributed by atoms with Crippen molar-refractivity contribution in [1.29, 1.82) is 0 Å². The monoisotopic (exact) mass is 173 g/mol. The molecule has 0 spiro atoms. The number of rotatable bonds is 5. The highest BCUT2D eigenvalue weighted by atomic mass is 16.5. The summed E-state index contributed by atoms with van der Waals surface area (Å²) < 4.78 is 10.5. The minimum atomic E-state index is 0.0537. The molecule has 1 aliphatic rings. The predicted octanol–water partition coefficient (Wildman–Crippen LogP) is -0.0720. The molecule has 1 saturated heterocycles. The predicted molar refractivity (Wildman–Crippen MR) is 43.9 cm³/mol. The Hall–Kier alpha value is -0.610. The average Bonchev–Trinajstić information content (AvgIpc) is 2.45. The molecule has 0 saturated carbocycles. The van der Waals surface area contributed by atoms with Gasteiger partial charge in [0.1, 0.15) is 0 Å². The van der Waals surface area contributed by atoms with Crippen molar-refractivity contribution in [3.05, 3.63) is 0 Å². The van der Waals surface area contributed by atoms with Crippen molar-refractivity contribution < 1.29 is 14.3 Å². The summed E-state index contributed by atoms with van der Waals surface area (Å²) >= 11 is 0. The zero-order chi connectivity index (χ0) is 8.81. The van der Waals surface area contributed by atoms with Gasteiger partial charge >= 0.3 is 0 Å². The molecule has 1 rings (SSSR count). The van der Waals surface area contributed by atoms with Gasteiger partial charge in [0.2, 0.25) is 5.91 Å². The highest BCUT2D eigenvalue weighted by molar-refractivity contribution is 5.78. The number of carbonyl (C=O) groups is 1. The van der Waals surface area contributed by atoms with Gasteiger partial charge in [0.25, 0.3) is 0 Å². The van der Waals surface area contributed by atoms with Crippen molar-refractivity contribution in [2.75, 3.05) is 26.4 Å². The molecular weight excluding hydrogens is 158 g/mol. The lowest BCUT2D eigenvalue weighted by Gasteiger charge is -2.08. The van der Waals surface area contributed by atoms with Gasteiger partial charge in [0.05, 0.1) is 25.7 Å². The van der Waals surface area contributed by atoms with Crippen molar-refractivity contribution in [2.24, 2.45) is 0 Å². The van der Waals surface area contributed by atoms with Crippen LogP contribution in [-0.2, 0) is 14.3 Å². The number of carbonyl (C=O) groups excluding carboxylic acids is 1. The maximum Gasteiger partial charge on any atom is 0.222 e. The molecule has 0 bridgehead atoms. The molecule has 4 heteroatoms. The molecule has 0 aromatic rings. The Balaban J connectivity index is 1.97. The van der Waals surface area contributed by atoms with E-state index in [1.807, 2.05) is 6.92 Å². The summed E-state index contributed by atoms with van der Waals surface area (Å²) in [6, 6.07) is 0. The van der Waals surface area contributed by atoms with Gasteiger partial charge < -0.3 is 14.8 Å². The molecule has 0 unspecified atom stereocenters. The highest BCUT2D eigenvalue weighted by Crippen LogP contribution is 2.03. The van der Waals surface area contributed by atoms with Gasteiger partial charge in [-0.2, -0.15) is 0 Å². The first kappa shape index (κ1) is 9.48. The largest absolute Gasteiger partial charge is 0.379 e. The van der Waals surface area contributed by atoms with Gasteiger partial charge in [0, 0.05) is 13.2 Å². The molecule has 0 aromatic heterocycles. The molecule has 70 valence electrons. The van der Waals surface area contributed by atoms with E-state index in [0.29, 0.717) is 32.8 Å². The van der Waals surface area contributed by atoms with E-state index >= 15 is 0 Å². The molecule has 0 aromatic carbocycles.